The van der Waals surface area contributed by atoms with Gasteiger partial charge in [0.2, 0.25) is 5.91 Å². The Labute approximate surface area is 122 Å². The summed E-state index contributed by atoms with van der Waals surface area (Å²) in [6.07, 6.45) is 0.765. The second-order valence-electron chi connectivity index (χ2n) is 4.67. The van der Waals surface area contributed by atoms with Crippen LogP contribution in [0.2, 0.25) is 0 Å². The molecule has 1 amide bonds. The Morgan fingerprint density at radius 1 is 1.35 bits per heavy atom. The molecule has 0 aliphatic carbocycles. The van der Waals surface area contributed by atoms with E-state index < -0.39 is 17.9 Å². The normalized spacial score (nSPS) is 13.5. The van der Waals surface area contributed by atoms with Crippen molar-refractivity contribution in [3.05, 3.63) is 22.4 Å². The molecule has 0 bridgehead atoms. The summed E-state index contributed by atoms with van der Waals surface area (Å²) in [6, 6.07) is 2.59. The van der Waals surface area contributed by atoms with Gasteiger partial charge in [0.15, 0.2) is 5.78 Å². The van der Waals surface area contributed by atoms with Gasteiger partial charge in [-0.1, -0.05) is 26.3 Å². The van der Waals surface area contributed by atoms with Crippen LogP contribution in [-0.4, -0.2) is 28.8 Å². The van der Waals surface area contributed by atoms with Crippen molar-refractivity contribution in [2.45, 2.75) is 39.2 Å². The zero-order valence-corrected chi connectivity index (χ0v) is 12.4. The number of hydrogen-bond donors (Lipinski definition) is 2. The topological polar surface area (TPSA) is 83.5 Å². The second-order valence-corrected chi connectivity index (χ2v) is 5.62. The number of aliphatic carboxylic acids is 1. The molecule has 0 fully saturated rings. The molecule has 0 aromatic carbocycles. The highest BCUT2D eigenvalue weighted by Crippen LogP contribution is 2.13. The predicted octanol–water partition coefficient (Wildman–Crippen LogP) is 2.33. The molecular weight excluding hydrogens is 278 g/mol. The number of ketones is 1. The van der Waals surface area contributed by atoms with Crippen molar-refractivity contribution in [3.8, 4) is 0 Å². The van der Waals surface area contributed by atoms with Crippen LogP contribution in [0, 0.1) is 5.92 Å². The van der Waals surface area contributed by atoms with E-state index in [1.807, 2.05) is 6.92 Å². The summed E-state index contributed by atoms with van der Waals surface area (Å²) >= 11 is 1.33. The van der Waals surface area contributed by atoms with Gasteiger partial charge in [0, 0.05) is 12.8 Å². The molecule has 1 rings (SSSR count). The Morgan fingerprint density at radius 3 is 2.55 bits per heavy atom. The number of carbonyl (C=O) groups excluding carboxylic acids is 2. The minimum atomic E-state index is -1.04. The van der Waals surface area contributed by atoms with Gasteiger partial charge in [-0.05, 0) is 17.4 Å². The van der Waals surface area contributed by atoms with Crippen molar-refractivity contribution in [3.63, 3.8) is 0 Å². The van der Waals surface area contributed by atoms with Crippen molar-refractivity contribution in [2.24, 2.45) is 5.92 Å². The molecule has 1 aromatic rings. The second kappa shape index (κ2) is 7.79. The maximum absolute atomic E-state index is 11.7. The van der Waals surface area contributed by atoms with E-state index in [0.717, 1.165) is 0 Å². The van der Waals surface area contributed by atoms with Crippen LogP contribution in [0.4, 0.5) is 0 Å². The van der Waals surface area contributed by atoms with Gasteiger partial charge >= 0.3 is 5.97 Å². The Hall–Kier alpha value is -1.69. The molecule has 0 unspecified atom stereocenters. The molecule has 0 aliphatic rings. The van der Waals surface area contributed by atoms with Crippen LogP contribution < -0.4 is 5.32 Å². The highest BCUT2D eigenvalue weighted by molar-refractivity contribution is 7.12. The third-order valence-electron chi connectivity index (χ3n) is 3.17. The first kappa shape index (κ1) is 16.4. The molecule has 0 saturated heterocycles. The molecule has 6 heteroatoms. The molecule has 20 heavy (non-hydrogen) atoms. The van der Waals surface area contributed by atoms with Gasteiger partial charge < -0.3 is 10.4 Å². The zero-order chi connectivity index (χ0) is 15.1. The van der Waals surface area contributed by atoms with Gasteiger partial charge in [-0.15, -0.1) is 11.3 Å². The first-order valence-corrected chi connectivity index (χ1v) is 7.42. The van der Waals surface area contributed by atoms with Crippen molar-refractivity contribution < 1.29 is 19.5 Å². The average Bonchev–Trinajstić information content (AvgIpc) is 2.95. The lowest BCUT2D eigenvalue weighted by Crippen LogP contribution is -2.45. The number of carboxylic acids is 1. The monoisotopic (exact) mass is 297 g/mol. The molecular formula is C14H19NO4S. The lowest BCUT2D eigenvalue weighted by Gasteiger charge is -2.19. The molecule has 0 radical (unpaired) electrons. The molecule has 110 valence electrons. The maximum Gasteiger partial charge on any atom is 0.326 e. The van der Waals surface area contributed by atoms with Gasteiger partial charge in [-0.2, -0.15) is 0 Å². The quantitative estimate of drug-likeness (QED) is 0.721. The Kier molecular flexibility index (Phi) is 6.38. The van der Waals surface area contributed by atoms with Crippen molar-refractivity contribution in [1.82, 2.24) is 5.32 Å². The van der Waals surface area contributed by atoms with Crippen LogP contribution in [0.15, 0.2) is 17.5 Å². The van der Waals surface area contributed by atoms with E-state index in [4.69, 9.17) is 5.11 Å². The number of rotatable bonds is 8. The van der Waals surface area contributed by atoms with Crippen LogP contribution >= 0.6 is 11.3 Å². The van der Waals surface area contributed by atoms with E-state index in [0.29, 0.717) is 11.3 Å². The smallest absolute Gasteiger partial charge is 0.326 e. The third kappa shape index (κ3) is 4.77. The lowest BCUT2D eigenvalue weighted by molar-refractivity contribution is -0.143. The minimum absolute atomic E-state index is 0.0109. The van der Waals surface area contributed by atoms with E-state index >= 15 is 0 Å². The summed E-state index contributed by atoms with van der Waals surface area (Å²) < 4.78 is 0. The number of nitrogens with one attached hydrogen (secondary N) is 1. The highest BCUT2D eigenvalue weighted by atomic mass is 32.1. The van der Waals surface area contributed by atoms with E-state index in [-0.39, 0.29) is 24.5 Å². The van der Waals surface area contributed by atoms with E-state index in [2.05, 4.69) is 5.32 Å². The largest absolute Gasteiger partial charge is 0.480 e. The Balaban J connectivity index is 2.46. The lowest BCUT2D eigenvalue weighted by atomic mass is 9.99. The first-order chi connectivity index (χ1) is 9.45. The fourth-order valence-corrected chi connectivity index (χ4v) is 2.41. The third-order valence-corrected chi connectivity index (χ3v) is 4.08. The van der Waals surface area contributed by atoms with Crippen molar-refractivity contribution in [2.75, 3.05) is 0 Å². The van der Waals surface area contributed by atoms with Crippen LogP contribution in [0.3, 0.4) is 0 Å². The van der Waals surface area contributed by atoms with Gasteiger partial charge in [0.25, 0.3) is 0 Å². The SMILES string of the molecule is CC[C@H](C)[C@H](NC(=O)CCC(=O)c1cccs1)C(=O)O. The van der Waals surface area contributed by atoms with E-state index in [1.165, 1.54) is 11.3 Å². The number of thiophene rings is 1. The minimum Gasteiger partial charge on any atom is -0.480 e. The van der Waals surface area contributed by atoms with E-state index in [9.17, 15) is 14.4 Å². The van der Waals surface area contributed by atoms with Gasteiger partial charge in [-0.3, -0.25) is 9.59 Å². The van der Waals surface area contributed by atoms with Crippen LogP contribution in [0.1, 0.15) is 42.8 Å². The summed E-state index contributed by atoms with van der Waals surface area (Å²) in [4.78, 5) is 35.2. The van der Waals surface area contributed by atoms with Gasteiger partial charge in [0.05, 0.1) is 4.88 Å². The average molecular weight is 297 g/mol. The summed E-state index contributed by atoms with van der Waals surface area (Å²) in [5.74, 6) is -1.69. The Bertz CT molecular complexity index is 470. The standard InChI is InChI=1S/C14H19NO4S/c1-3-9(2)13(14(18)19)15-12(17)7-6-10(16)11-5-4-8-20-11/h4-5,8-9,13H,3,6-7H2,1-2H3,(H,15,17)(H,18,19)/t9-,13-/m0/s1. The van der Waals surface area contributed by atoms with Crippen LogP contribution in [-0.2, 0) is 9.59 Å². The van der Waals surface area contributed by atoms with Gasteiger partial charge in [-0.25, -0.2) is 4.79 Å². The molecule has 0 saturated carbocycles. The molecule has 5 nitrogen and oxygen atoms in total. The van der Waals surface area contributed by atoms with Gasteiger partial charge in [0.1, 0.15) is 6.04 Å². The Morgan fingerprint density at radius 2 is 2.05 bits per heavy atom. The summed E-state index contributed by atoms with van der Waals surface area (Å²) in [5, 5.41) is 13.4. The molecule has 1 aromatic heterocycles. The van der Waals surface area contributed by atoms with Crippen molar-refractivity contribution >= 4 is 29.0 Å². The summed E-state index contributed by atoms with van der Waals surface area (Å²) in [6.45, 7) is 3.64. The molecule has 0 aliphatic heterocycles. The van der Waals surface area contributed by atoms with Crippen LogP contribution in [0.25, 0.3) is 0 Å². The number of carbonyl (C=O) groups is 3. The predicted molar refractivity (Wildman–Crippen MR) is 76.9 cm³/mol. The number of Topliss-reactive ketones (excluding diaryl/α,β-unsaturated/α-hetero) is 1. The first-order valence-electron chi connectivity index (χ1n) is 6.54. The van der Waals surface area contributed by atoms with Crippen molar-refractivity contribution in [1.29, 1.82) is 0 Å². The van der Waals surface area contributed by atoms with Crippen LogP contribution in [0.5, 0.6) is 0 Å². The zero-order valence-electron chi connectivity index (χ0n) is 11.6. The maximum atomic E-state index is 11.7. The fourth-order valence-electron chi connectivity index (χ4n) is 1.72. The molecule has 2 atom stereocenters. The molecule has 2 N–H and O–H groups in total. The van der Waals surface area contributed by atoms with E-state index in [1.54, 1.807) is 24.4 Å². The molecule has 0 spiro atoms. The highest BCUT2D eigenvalue weighted by Gasteiger charge is 2.25. The number of hydrogen-bond acceptors (Lipinski definition) is 4. The summed E-state index contributed by atoms with van der Waals surface area (Å²) in [7, 11) is 0. The summed E-state index contributed by atoms with van der Waals surface area (Å²) in [5.41, 5.74) is 0. The fraction of sp³-hybridized carbons (Fsp3) is 0.500. The molecule has 1 heterocycles. The number of carboxylic acid groups (broad SMARTS) is 1. The number of amides is 1.